The molecule has 29 heavy (non-hydrogen) atoms. The fourth-order valence-electron chi connectivity index (χ4n) is 3.10. The van der Waals surface area contributed by atoms with Crippen LogP contribution in [-0.2, 0) is 9.59 Å². The van der Waals surface area contributed by atoms with Gasteiger partial charge in [0.2, 0.25) is 5.91 Å². The molecule has 0 aliphatic carbocycles. The van der Waals surface area contributed by atoms with Gasteiger partial charge in [-0.05, 0) is 42.7 Å². The van der Waals surface area contributed by atoms with Gasteiger partial charge in [-0.1, -0.05) is 40.2 Å². The maximum Gasteiger partial charge on any atom is 0.243 e. The Balaban J connectivity index is 1.78. The second-order valence-corrected chi connectivity index (χ2v) is 8.43. The number of rotatable bonds is 8. The minimum Gasteiger partial charge on any atom is -0.491 e. The molecule has 0 saturated carbocycles. The lowest BCUT2D eigenvalue weighted by molar-refractivity contribution is -0.129. The average Bonchev–Trinajstić information content (AvgIpc) is 3.17. The first kappa shape index (κ1) is 21.5. The first-order valence-corrected chi connectivity index (χ1v) is 11.0. The van der Waals surface area contributed by atoms with Crippen molar-refractivity contribution in [3.05, 3.63) is 64.3 Å². The van der Waals surface area contributed by atoms with E-state index in [2.05, 4.69) is 21.9 Å². The number of ether oxygens (including phenoxy) is 1. The van der Waals surface area contributed by atoms with E-state index < -0.39 is 5.91 Å². The van der Waals surface area contributed by atoms with Gasteiger partial charge in [-0.2, -0.15) is 0 Å². The van der Waals surface area contributed by atoms with Crippen LogP contribution in [0.25, 0.3) is 0 Å². The molecule has 2 aromatic carbocycles. The van der Waals surface area contributed by atoms with Gasteiger partial charge in [0.1, 0.15) is 22.8 Å². The number of halogens is 1. The van der Waals surface area contributed by atoms with Crippen LogP contribution in [-0.4, -0.2) is 29.4 Å². The summed E-state index contributed by atoms with van der Waals surface area (Å²) in [6, 6.07) is 15.6. The molecule has 0 spiro atoms. The Morgan fingerprint density at radius 1 is 1.28 bits per heavy atom. The molecule has 1 aliphatic rings. The van der Waals surface area contributed by atoms with Crippen LogP contribution in [0.5, 0.6) is 5.75 Å². The lowest BCUT2D eigenvalue weighted by atomic mass is 10.1. The Hall–Kier alpha value is -2.25. The van der Waals surface area contributed by atoms with Crippen LogP contribution in [0.4, 0.5) is 5.69 Å². The Morgan fingerprint density at radius 3 is 2.86 bits per heavy atom. The van der Waals surface area contributed by atoms with Crippen LogP contribution in [0.15, 0.2) is 58.7 Å². The van der Waals surface area contributed by atoms with Gasteiger partial charge < -0.3 is 9.64 Å². The number of anilines is 1. The van der Waals surface area contributed by atoms with Crippen LogP contribution in [0.3, 0.4) is 0 Å². The second kappa shape index (κ2) is 10.5. The Bertz CT molecular complexity index is 917. The van der Waals surface area contributed by atoms with Crippen molar-refractivity contribution in [3.63, 3.8) is 0 Å². The smallest absolute Gasteiger partial charge is 0.243 e. The number of nitrogens with one attached hydrogen (secondary N) is 1. The molecule has 1 amide bonds. The number of hydroxylamine groups is 1. The number of hydrogen-bond acceptors (Lipinski definition) is 6. The number of unbranched alkanes of at least 4 members (excludes halogenated alkanes) is 1. The van der Waals surface area contributed by atoms with Crippen molar-refractivity contribution in [2.75, 3.05) is 17.3 Å². The fraction of sp³-hybridized carbons (Fsp3) is 0.286. The SMILES string of the molecule is O=C=C1CSC(c2cccc(Br)c2)N1c1ccccc1OCCCCC(=O)NO. The molecule has 152 valence electrons. The summed E-state index contributed by atoms with van der Waals surface area (Å²) in [7, 11) is 0. The second-order valence-electron chi connectivity index (χ2n) is 6.45. The van der Waals surface area contributed by atoms with Crippen molar-refractivity contribution in [1.29, 1.82) is 0 Å². The van der Waals surface area contributed by atoms with E-state index >= 15 is 0 Å². The van der Waals surface area contributed by atoms with Crippen molar-refractivity contribution >= 4 is 45.2 Å². The van der Waals surface area contributed by atoms with E-state index in [1.807, 2.05) is 53.4 Å². The van der Waals surface area contributed by atoms with Crippen molar-refractivity contribution in [2.24, 2.45) is 0 Å². The van der Waals surface area contributed by atoms with Crippen LogP contribution >= 0.6 is 27.7 Å². The summed E-state index contributed by atoms with van der Waals surface area (Å²) in [4.78, 5) is 24.7. The van der Waals surface area contributed by atoms with Crippen LogP contribution < -0.4 is 15.1 Å². The predicted octanol–water partition coefficient (Wildman–Crippen LogP) is 4.47. The average molecular weight is 477 g/mol. The summed E-state index contributed by atoms with van der Waals surface area (Å²) in [5, 5.41) is 8.48. The Morgan fingerprint density at radius 2 is 2.10 bits per heavy atom. The first-order chi connectivity index (χ1) is 14.1. The number of carbonyl (C=O) groups excluding carboxylic acids is 2. The van der Waals surface area contributed by atoms with Crippen molar-refractivity contribution in [3.8, 4) is 5.75 Å². The molecule has 1 atom stereocenters. The summed E-state index contributed by atoms with van der Waals surface area (Å²) in [5.74, 6) is 2.93. The summed E-state index contributed by atoms with van der Waals surface area (Å²) >= 11 is 5.18. The molecule has 0 bridgehead atoms. The van der Waals surface area contributed by atoms with Crippen LogP contribution in [0.2, 0.25) is 0 Å². The van der Waals surface area contributed by atoms with Crippen molar-refractivity contribution in [2.45, 2.75) is 24.6 Å². The zero-order chi connectivity index (χ0) is 20.6. The standard InChI is InChI=1S/C21H21BrN2O4S/c22-16-7-5-6-15(12-16)21-24(17(13-25)14-29-21)18-8-1-2-9-19(18)28-11-4-3-10-20(26)23-27/h1-2,5-9,12,21,27H,3-4,10-11,14H2,(H,23,26). The molecular formula is C21H21BrN2O4S. The molecule has 0 radical (unpaired) electrons. The number of carbonyl (C=O) groups is 1. The van der Waals surface area contributed by atoms with Crippen molar-refractivity contribution in [1.82, 2.24) is 5.48 Å². The van der Waals surface area contributed by atoms with Gasteiger partial charge >= 0.3 is 0 Å². The highest BCUT2D eigenvalue weighted by atomic mass is 79.9. The first-order valence-electron chi connectivity index (χ1n) is 9.19. The molecule has 8 heteroatoms. The molecule has 1 saturated heterocycles. The highest BCUT2D eigenvalue weighted by Crippen LogP contribution is 2.48. The molecule has 1 unspecified atom stereocenters. The normalized spacial score (nSPS) is 15.9. The maximum atomic E-state index is 11.6. The fourth-order valence-corrected chi connectivity index (χ4v) is 4.76. The molecule has 2 N–H and O–H groups in total. The molecule has 1 heterocycles. The molecule has 3 rings (SSSR count). The van der Waals surface area contributed by atoms with Crippen LogP contribution in [0, 0.1) is 0 Å². The van der Waals surface area contributed by atoms with Crippen LogP contribution in [0.1, 0.15) is 30.2 Å². The van der Waals surface area contributed by atoms with Gasteiger partial charge in [-0.15, -0.1) is 11.8 Å². The summed E-state index contributed by atoms with van der Waals surface area (Å²) in [6.45, 7) is 0.429. The summed E-state index contributed by atoms with van der Waals surface area (Å²) in [5.41, 5.74) is 4.10. The Kier molecular flexibility index (Phi) is 7.77. The highest BCUT2D eigenvalue weighted by Gasteiger charge is 2.34. The number of benzene rings is 2. The third kappa shape index (κ3) is 5.42. The lowest BCUT2D eigenvalue weighted by Gasteiger charge is -2.28. The number of nitrogens with zero attached hydrogens (tertiary/aromatic N) is 1. The van der Waals surface area contributed by atoms with E-state index in [1.165, 1.54) is 0 Å². The number of amides is 1. The van der Waals surface area contributed by atoms with E-state index in [9.17, 15) is 9.59 Å². The van der Waals surface area contributed by atoms with Gasteiger partial charge in [0, 0.05) is 16.6 Å². The molecule has 2 aromatic rings. The maximum absolute atomic E-state index is 11.6. The van der Waals surface area contributed by atoms with E-state index in [4.69, 9.17) is 9.94 Å². The van der Waals surface area contributed by atoms with Crippen molar-refractivity contribution < 1.29 is 19.5 Å². The third-order valence-electron chi connectivity index (χ3n) is 4.46. The summed E-state index contributed by atoms with van der Waals surface area (Å²) in [6.07, 6.45) is 1.52. The monoisotopic (exact) mass is 476 g/mol. The lowest BCUT2D eigenvalue weighted by Crippen LogP contribution is -2.22. The minimum atomic E-state index is -0.405. The van der Waals surface area contributed by atoms with E-state index in [-0.39, 0.29) is 11.8 Å². The topological polar surface area (TPSA) is 78.9 Å². The molecule has 1 aliphatic heterocycles. The highest BCUT2D eigenvalue weighted by molar-refractivity contribution is 9.10. The molecule has 6 nitrogen and oxygen atoms in total. The van der Waals surface area contributed by atoms with Gasteiger partial charge in [-0.25, -0.2) is 10.3 Å². The van der Waals surface area contributed by atoms with E-state index in [0.717, 1.165) is 15.7 Å². The molecule has 1 fully saturated rings. The summed E-state index contributed by atoms with van der Waals surface area (Å²) < 4.78 is 6.95. The largest absolute Gasteiger partial charge is 0.491 e. The van der Waals surface area contributed by atoms with Gasteiger partial charge in [0.25, 0.3) is 0 Å². The van der Waals surface area contributed by atoms with Gasteiger partial charge in [0.05, 0.1) is 12.3 Å². The number of thioether (sulfide) groups is 1. The van der Waals surface area contributed by atoms with Gasteiger partial charge in [-0.3, -0.25) is 10.0 Å². The number of para-hydroxylation sites is 2. The van der Waals surface area contributed by atoms with E-state index in [0.29, 0.717) is 36.6 Å². The van der Waals surface area contributed by atoms with Gasteiger partial charge in [0.15, 0.2) is 0 Å². The zero-order valence-corrected chi connectivity index (χ0v) is 18.0. The molecular weight excluding hydrogens is 456 g/mol. The molecule has 0 aromatic heterocycles. The zero-order valence-electron chi connectivity index (χ0n) is 15.6. The van der Waals surface area contributed by atoms with E-state index in [1.54, 1.807) is 17.2 Å². The quantitative estimate of drug-likeness (QED) is 0.253. The Labute approximate surface area is 182 Å². The number of hydrogen-bond donors (Lipinski definition) is 2. The third-order valence-corrected chi connectivity index (χ3v) is 6.19. The predicted molar refractivity (Wildman–Crippen MR) is 117 cm³/mol. The minimum absolute atomic E-state index is 0.0537.